The third-order valence-corrected chi connectivity index (χ3v) is 2.60. The summed E-state index contributed by atoms with van der Waals surface area (Å²) >= 11 is 0. The lowest BCUT2D eigenvalue weighted by Gasteiger charge is -2.22. The second-order valence-corrected chi connectivity index (χ2v) is 3.97. The molecule has 0 spiro atoms. The van der Waals surface area contributed by atoms with Gasteiger partial charge in [-0.25, -0.2) is 0 Å². The molecule has 1 aromatic rings. The Bertz CT molecular complexity index is 425. The van der Waals surface area contributed by atoms with E-state index in [0.29, 0.717) is 18.6 Å². The summed E-state index contributed by atoms with van der Waals surface area (Å²) < 4.78 is 45.0. The molecule has 18 heavy (non-hydrogen) atoms. The number of alkyl halides is 3. The van der Waals surface area contributed by atoms with Gasteiger partial charge in [0.1, 0.15) is 11.5 Å². The van der Waals surface area contributed by atoms with Crippen molar-refractivity contribution in [3.05, 3.63) is 29.8 Å². The summed E-state index contributed by atoms with van der Waals surface area (Å²) in [6.07, 6.45) is -4.41. The van der Waals surface area contributed by atoms with Gasteiger partial charge in [-0.05, 0) is 17.7 Å². The highest BCUT2D eigenvalue weighted by Gasteiger charge is 2.31. The molecule has 1 heterocycles. The van der Waals surface area contributed by atoms with Crippen LogP contribution in [0.1, 0.15) is 24.5 Å². The zero-order valence-corrected chi connectivity index (χ0v) is 9.37. The number of carbonyl (C=O) groups excluding carboxylic acids is 1. The van der Waals surface area contributed by atoms with Crippen molar-refractivity contribution in [1.29, 1.82) is 0 Å². The van der Waals surface area contributed by atoms with E-state index in [1.54, 1.807) is 0 Å². The van der Waals surface area contributed by atoms with Gasteiger partial charge in [0.25, 0.3) is 0 Å². The smallest absolute Gasteiger partial charge is 0.406 e. The predicted molar refractivity (Wildman–Crippen MR) is 56.1 cm³/mol. The summed E-state index contributed by atoms with van der Waals surface area (Å²) in [6.45, 7) is 0.351. The van der Waals surface area contributed by atoms with Gasteiger partial charge in [0.05, 0.1) is 12.7 Å². The van der Waals surface area contributed by atoms with Crippen LogP contribution >= 0.6 is 0 Å². The monoisotopic (exact) mass is 260 g/mol. The molecule has 1 saturated heterocycles. The Kier molecular flexibility index (Phi) is 3.56. The standard InChI is InChI=1S/C12H11F3O3/c13-12(14,15)18-10-3-1-8(2-4-10)11-7-9(16)5-6-17-11/h1-4,11H,5-7H2. The molecule has 1 aromatic carbocycles. The van der Waals surface area contributed by atoms with E-state index in [1.807, 2.05) is 0 Å². The molecule has 98 valence electrons. The van der Waals surface area contributed by atoms with Gasteiger partial charge in [-0.1, -0.05) is 12.1 Å². The number of rotatable bonds is 2. The minimum atomic E-state index is -4.70. The van der Waals surface area contributed by atoms with E-state index >= 15 is 0 Å². The molecule has 1 aliphatic rings. The Hall–Kier alpha value is -1.56. The Morgan fingerprint density at radius 3 is 2.44 bits per heavy atom. The molecular weight excluding hydrogens is 249 g/mol. The summed E-state index contributed by atoms with van der Waals surface area (Å²) in [6, 6.07) is 5.38. The summed E-state index contributed by atoms with van der Waals surface area (Å²) in [5, 5.41) is 0. The van der Waals surface area contributed by atoms with Crippen LogP contribution in [0, 0.1) is 0 Å². The van der Waals surface area contributed by atoms with Crippen LogP contribution in [0.3, 0.4) is 0 Å². The van der Waals surface area contributed by atoms with Crippen LogP contribution in [-0.2, 0) is 9.53 Å². The average molecular weight is 260 g/mol. The molecule has 0 bridgehead atoms. The fourth-order valence-electron chi connectivity index (χ4n) is 1.78. The van der Waals surface area contributed by atoms with Crippen molar-refractivity contribution in [2.75, 3.05) is 6.61 Å². The maximum Gasteiger partial charge on any atom is 0.573 e. The van der Waals surface area contributed by atoms with Crippen LogP contribution in [0.15, 0.2) is 24.3 Å². The molecule has 1 atom stereocenters. The number of halogens is 3. The molecule has 1 aliphatic heterocycles. The maximum absolute atomic E-state index is 12.0. The van der Waals surface area contributed by atoms with Crippen molar-refractivity contribution < 1.29 is 27.4 Å². The second kappa shape index (κ2) is 4.97. The number of hydrogen-bond acceptors (Lipinski definition) is 3. The Morgan fingerprint density at radius 2 is 1.89 bits per heavy atom. The van der Waals surface area contributed by atoms with E-state index in [-0.39, 0.29) is 24.1 Å². The molecule has 6 heteroatoms. The first-order chi connectivity index (χ1) is 8.44. The van der Waals surface area contributed by atoms with Crippen molar-refractivity contribution in [2.45, 2.75) is 25.3 Å². The molecular formula is C12H11F3O3. The summed E-state index contributed by atoms with van der Waals surface area (Å²) in [4.78, 5) is 11.2. The summed E-state index contributed by atoms with van der Waals surface area (Å²) in [5.41, 5.74) is 0.678. The molecule has 0 radical (unpaired) electrons. The highest BCUT2D eigenvalue weighted by Crippen LogP contribution is 2.29. The first-order valence-corrected chi connectivity index (χ1v) is 5.43. The van der Waals surface area contributed by atoms with Crippen LogP contribution in [0.4, 0.5) is 13.2 Å². The van der Waals surface area contributed by atoms with Crippen molar-refractivity contribution in [3.63, 3.8) is 0 Å². The van der Waals surface area contributed by atoms with Crippen LogP contribution < -0.4 is 4.74 Å². The van der Waals surface area contributed by atoms with Crippen molar-refractivity contribution in [2.24, 2.45) is 0 Å². The molecule has 0 aromatic heterocycles. The molecule has 2 rings (SSSR count). The van der Waals surface area contributed by atoms with Gasteiger partial charge < -0.3 is 9.47 Å². The zero-order valence-electron chi connectivity index (χ0n) is 9.37. The van der Waals surface area contributed by atoms with Gasteiger partial charge in [0.2, 0.25) is 0 Å². The topological polar surface area (TPSA) is 35.5 Å². The van der Waals surface area contributed by atoms with E-state index < -0.39 is 6.36 Å². The summed E-state index contributed by atoms with van der Waals surface area (Å²) in [7, 11) is 0. The number of carbonyl (C=O) groups is 1. The number of Topliss-reactive ketones (excluding diaryl/α,β-unsaturated/α-hetero) is 1. The normalized spacial score (nSPS) is 20.8. The Balaban J connectivity index is 2.05. The molecule has 1 fully saturated rings. The van der Waals surface area contributed by atoms with E-state index in [9.17, 15) is 18.0 Å². The quantitative estimate of drug-likeness (QED) is 0.820. The lowest BCUT2D eigenvalue weighted by Crippen LogP contribution is -2.19. The highest BCUT2D eigenvalue weighted by molar-refractivity contribution is 5.79. The van der Waals surface area contributed by atoms with Gasteiger partial charge in [0, 0.05) is 12.8 Å². The second-order valence-electron chi connectivity index (χ2n) is 3.97. The SMILES string of the molecule is O=C1CCOC(c2ccc(OC(F)(F)F)cc2)C1. The Morgan fingerprint density at radius 1 is 1.22 bits per heavy atom. The first-order valence-electron chi connectivity index (χ1n) is 5.43. The van der Waals surface area contributed by atoms with E-state index in [0.717, 1.165) is 0 Å². The highest BCUT2D eigenvalue weighted by atomic mass is 19.4. The largest absolute Gasteiger partial charge is 0.573 e. The number of benzene rings is 1. The van der Waals surface area contributed by atoms with Gasteiger partial charge >= 0.3 is 6.36 Å². The van der Waals surface area contributed by atoms with Gasteiger partial charge in [0.15, 0.2) is 0 Å². The fraction of sp³-hybridized carbons (Fsp3) is 0.417. The first kappa shape index (κ1) is 12.9. The van der Waals surface area contributed by atoms with Crippen LogP contribution in [-0.4, -0.2) is 18.8 Å². The predicted octanol–water partition coefficient (Wildman–Crippen LogP) is 3.01. The molecule has 0 saturated carbocycles. The minimum Gasteiger partial charge on any atom is -0.406 e. The third-order valence-electron chi connectivity index (χ3n) is 2.60. The molecule has 0 aliphatic carbocycles. The lowest BCUT2D eigenvalue weighted by atomic mass is 10.0. The molecule has 3 nitrogen and oxygen atoms in total. The van der Waals surface area contributed by atoms with Crippen LogP contribution in [0.5, 0.6) is 5.75 Å². The summed E-state index contributed by atoms with van der Waals surface area (Å²) in [5.74, 6) is -0.185. The molecule has 0 N–H and O–H groups in total. The van der Waals surface area contributed by atoms with E-state index in [4.69, 9.17) is 4.74 Å². The number of ether oxygens (including phenoxy) is 2. The molecule has 0 amide bonds. The van der Waals surface area contributed by atoms with Crippen molar-refractivity contribution in [3.8, 4) is 5.75 Å². The van der Waals surface area contributed by atoms with Crippen LogP contribution in [0.25, 0.3) is 0 Å². The third kappa shape index (κ3) is 3.46. The van der Waals surface area contributed by atoms with Crippen molar-refractivity contribution >= 4 is 5.78 Å². The van der Waals surface area contributed by atoms with Gasteiger partial charge in [-0.2, -0.15) is 0 Å². The van der Waals surface area contributed by atoms with Gasteiger partial charge in [-0.15, -0.1) is 13.2 Å². The average Bonchev–Trinajstić information content (AvgIpc) is 2.28. The fourth-order valence-corrected chi connectivity index (χ4v) is 1.78. The minimum absolute atomic E-state index is 0.0990. The van der Waals surface area contributed by atoms with Crippen LogP contribution in [0.2, 0.25) is 0 Å². The van der Waals surface area contributed by atoms with E-state index in [1.165, 1.54) is 24.3 Å². The van der Waals surface area contributed by atoms with Crippen molar-refractivity contribution in [1.82, 2.24) is 0 Å². The molecule has 1 unspecified atom stereocenters. The number of ketones is 1. The van der Waals surface area contributed by atoms with E-state index in [2.05, 4.69) is 4.74 Å². The Labute approximate surface area is 102 Å². The number of hydrogen-bond donors (Lipinski definition) is 0. The van der Waals surface area contributed by atoms with Gasteiger partial charge in [-0.3, -0.25) is 4.79 Å². The lowest BCUT2D eigenvalue weighted by molar-refractivity contribution is -0.274. The maximum atomic E-state index is 12.0. The zero-order chi connectivity index (χ0) is 13.2.